The number of fused-ring (bicyclic) bond motifs is 2. The van der Waals surface area contributed by atoms with Gasteiger partial charge in [0.05, 0.1) is 24.2 Å². The summed E-state index contributed by atoms with van der Waals surface area (Å²) in [5.41, 5.74) is -0.0773. The molecule has 0 spiro atoms. The van der Waals surface area contributed by atoms with Gasteiger partial charge in [-0.2, -0.15) is 4.98 Å². The van der Waals surface area contributed by atoms with E-state index >= 15 is 0 Å². The number of benzene rings is 1. The van der Waals surface area contributed by atoms with Crippen LogP contribution >= 0.6 is 15.6 Å². The van der Waals surface area contributed by atoms with Crippen molar-refractivity contribution in [2.45, 2.75) is 38.7 Å². The minimum absolute atomic E-state index is 0.261. The summed E-state index contributed by atoms with van der Waals surface area (Å²) in [6.45, 7) is 1.73. The van der Waals surface area contributed by atoms with Crippen LogP contribution in [-0.4, -0.2) is 74.2 Å². The Labute approximate surface area is 195 Å². The maximum Gasteiger partial charge on any atom is 0.470 e. The second kappa shape index (κ2) is 9.95. The summed E-state index contributed by atoms with van der Waals surface area (Å²) in [6.07, 6.45) is -6.23. The summed E-state index contributed by atoms with van der Waals surface area (Å²) in [6, 6.07) is 3.24. The van der Waals surface area contributed by atoms with Crippen LogP contribution < -0.4 is 11.2 Å². The summed E-state index contributed by atoms with van der Waals surface area (Å²) in [5, 5.41) is 21.0. The van der Waals surface area contributed by atoms with E-state index in [0.29, 0.717) is 0 Å². The number of rotatable bonds is 9. The van der Waals surface area contributed by atoms with E-state index in [1.165, 1.54) is 4.57 Å². The third-order valence-electron chi connectivity index (χ3n) is 5.02. The first-order valence-electron chi connectivity index (χ1n) is 9.78. The van der Waals surface area contributed by atoms with Crippen molar-refractivity contribution < 1.29 is 48.0 Å². The molecule has 0 bridgehead atoms. The molecule has 3 atom stereocenters. The van der Waals surface area contributed by atoms with Gasteiger partial charge in [-0.3, -0.25) is 18.8 Å². The maximum absolute atomic E-state index is 12.4. The molecule has 0 saturated heterocycles. The molecule has 18 heteroatoms. The predicted octanol–water partition coefficient (Wildman–Crippen LogP) is -1.49. The van der Waals surface area contributed by atoms with Crippen LogP contribution in [0.5, 0.6) is 0 Å². The SMILES string of the molecule is Cc1cc2nc3c(=O)[nH]c(=O)nc-3n(CC(O)C(OP(=O)(O)O)C(O)COP(=O)(O)O)c2cc1C. The molecular weight excluding hydrogens is 514 g/mol. The highest BCUT2D eigenvalue weighted by Gasteiger charge is 2.36. The van der Waals surface area contributed by atoms with E-state index in [0.717, 1.165) is 11.1 Å². The Balaban J connectivity index is 2.14. The Morgan fingerprint density at radius 2 is 1.63 bits per heavy atom. The summed E-state index contributed by atoms with van der Waals surface area (Å²) < 4.78 is 32.2. The standard InChI is InChI=1S/C17H22N4O12P2/c1-7-3-9-10(4-8(7)2)21(15-13(18-9)16(24)20-17(25)19-15)5-11(22)14(33-35(29,30)31)12(23)6-32-34(26,27)28/h3-4,11-12,14,22-23H,5-6H2,1-2H3,(H,20,24,25)(H2,26,27,28)(H2,29,30,31). The number of aryl methyl sites for hydroxylation is 2. The van der Waals surface area contributed by atoms with Gasteiger partial charge in [-0.1, -0.05) is 0 Å². The Hall–Kier alpha value is -2.36. The number of aliphatic hydroxyl groups excluding tert-OH is 2. The molecule has 2 heterocycles. The third kappa shape index (κ3) is 6.65. The van der Waals surface area contributed by atoms with Gasteiger partial charge in [0.1, 0.15) is 18.3 Å². The van der Waals surface area contributed by atoms with Gasteiger partial charge >= 0.3 is 21.3 Å². The van der Waals surface area contributed by atoms with Crippen molar-refractivity contribution in [2.75, 3.05) is 6.61 Å². The number of aliphatic hydroxyl groups is 2. The molecule has 0 radical (unpaired) electrons. The van der Waals surface area contributed by atoms with E-state index in [2.05, 4.69) is 19.0 Å². The summed E-state index contributed by atoms with van der Waals surface area (Å²) in [7, 11) is -10.4. The van der Waals surface area contributed by atoms with Crippen LogP contribution in [0.25, 0.3) is 22.6 Å². The average molecular weight is 536 g/mol. The Bertz CT molecular complexity index is 1430. The van der Waals surface area contributed by atoms with Crippen molar-refractivity contribution in [1.82, 2.24) is 19.5 Å². The number of nitrogens with zero attached hydrogens (tertiary/aromatic N) is 3. The van der Waals surface area contributed by atoms with Crippen molar-refractivity contribution in [3.05, 3.63) is 44.1 Å². The van der Waals surface area contributed by atoms with Crippen LogP contribution in [-0.2, 0) is 24.7 Å². The lowest BCUT2D eigenvalue weighted by Crippen LogP contribution is -2.44. The number of hydrogen-bond donors (Lipinski definition) is 7. The molecule has 0 amide bonds. The van der Waals surface area contributed by atoms with Crippen LogP contribution in [0, 0.1) is 13.8 Å². The van der Waals surface area contributed by atoms with Gasteiger partial charge in [0, 0.05) is 0 Å². The molecule has 0 saturated carbocycles. The number of nitrogens with one attached hydrogen (secondary N) is 1. The second-order valence-corrected chi connectivity index (χ2v) is 10.1. The lowest BCUT2D eigenvalue weighted by Gasteiger charge is -2.29. The average Bonchev–Trinajstić information content (AvgIpc) is 2.71. The van der Waals surface area contributed by atoms with Crippen LogP contribution in [0.3, 0.4) is 0 Å². The number of hydrogen-bond acceptors (Lipinski definition) is 10. The van der Waals surface area contributed by atoms with E-state index in [1.54, 1.807) is 26.0 Å². The van der Waals surface area contributed by atoms with E-state index in [9.17, 15) is 38.7 Å². The molecule has 0 aliphatic carbocycles. The smallest absolute Gasteiger partial charge is 0.388 e. The zero-order valence-corrected chi connectivity index (χ0v) is 20.0. The minimum Gasteiger partial charge on any atom is -0.388 e. The molecular formula is C17H22N4O12P2. The highest BCUT2D eigenvalue weighted by atomic mass is 31.2. The minimum atomic E-state index is -5.34. The first-order chi connectivity index (χ1) is 16.1. The lowest BCUT2D eigenvalue weighted by molar-refractivity contribution is -0.0756. The maximum atomic E-state index is 12.4. The van der Waals surface area contributed by atoms with E-state index in [-0.39, 0.29) is 22.6 Å². The predicted molar refractivity (Wildman–Crippen MR) is 117 cm³/mol. The van der Waals surface area contributed by atoms with Crippen LogP contribution in [0.1, 0.15) is 11.1 Å². The number of aromatic amines is 1. The molecule has 192 valence electrons. The van der Waals surface area contributed by atoms with Crippen molar-refractivity contribution in [2.24, 2.45) is 0 Å². The molecule has 0 aromatic heterocycles. The molecule has 0 fully saturated rings. The molecule has 35 heavy (non-hydrogen) atoms. The Kier molecular flexibility index (Phi) is 7.74. The quantitative estimate of drug-likeness (QED) is 0.121. The molecule has 16 nitrogen and oxygen atoms in total. The second-order valence-electron chi connectivity index (χ2n) is 7.67. The third-order valence-corrected chi connectivity index (χ3v) is 6.03. The molecule has 1 aromatic carbocycles. The molecule has 3 rings (SSSR count). The van der Waals surface area contributed by atoms with Crippen molar-refractivity contribution >= 4 is 26.7 Å². The van der Waals surface area contributed by atoms with Gasteiger partial charge < -0.3 is 34.4 Å². The number of H-pyrrole nitrogens is 1. The number of phosphoric acid groups is 2. The summed E-state index contributed by atoms with van der Waals surface area (Å²) in [5.74, 6) is -0.274. The van der Waals surface area contributed by atoms with Gasteiger partial charge in [0.15, 0.2) is 11.5 Å². The van der Waals surface area contributed by atoms with E-state index in [4.69, 9.17) is 9.79 Å². The van der Waals surface area contributed by atoms with E-state index < -0.39 is 58.4 Å². The number of phosphoric ester groups is 2. The number of aromatic nitrogens is 4. The summed E-state index contributed by atoms with van der Waals surface area (Å²) in [4.78, 5) is 70.3. The van der Waals surface area contributed by atoms with Crippen molar-refractivity contribution in [3.8, 4) is 11.5 Å². The fourth-order valence-corrected chi connectivity index (χ4v) is 4.29. The molecule has 2 aliphatic rings. The van der Waals surface area contributed by atoms with Gasteiger partial charge in [-0.15, -0.1) is 0 Å². The van der Waals surface area contributed by atoms with Crippen molar-refractivity contribution in [1.29, 1.82) is 0 Å². The zero-order chi connectivity index (χ0) is 26.3. The van der Waals surface area contributed by atoms with Crippen LogP contribution in [0.2, 0.25) is 0 Å². The van der Waals surface area contributed by atoms with Gasteiger partial charge in [-0.05, 0) is 37.1 Å². The first-order valence-corrected chi connectivity index (χ1v) is 12.8. The molecule has 1 aromatic rings. The fourth-order valence-electron chi connectivity index (χ4n) is 3.35. The topological polar surface area (TPSA) is 255 Å². The monoisotopic (exact) mass is 536 g/mol. The van der Waals surface area contributed by atoms with Crippen LogP contribution in [0.15, 0.2) is 21.7 Å². The van der Waals surface area contributed by atoms with Crippen LogP contribution in [0.4, 0.5) is 0 Å². The zero-order valence-electron chi connectivity index (χ0n) is 18.2. The molecule has 3 unspecified atom stereocenters. The van der Waals surface area contributed by atoms with Gasteiger partial charge in [-0.25, -0.2) is 18.9 Å². The Morgan fingerprint density at radius 1 is 1.00 bits per heavy atom. The van der Waals surface area contributed by atoms with Gasteiger partial charge in [0.2, 0.25) is 0 Å². The fraction of sp³-hybridized carbons (Fsp3) is 0.412. The Morgan fingerprint density at radius 3 is 2.23 bits per heavy atom. The lowest BCUT2D eigenvalue weighted by atomic mass is 10.1. The molecule has 7 N–H and O–H groups in total. The molecule has 2 aliphatic heterocycles. The highest BCUT2D eigenvalue weighted by molar-refractivity contribution is 7.46. The van der Waals surface area contributed by atoms with Crippen molar-refractivity contribution in [3.63, 3.8) is 0 Å². The van der Waals surface area contributed by atoms with Gasteiger partial charge in [0.25, 0.3) is 5.56 Å². The normalized spacial score (nSPS) is 15.4. The first kappa shape index (κ1) is 27.2. The van der Waals surface area contributed by atoms with E-state index in [1.807, 2.05) is 4.98 Å². The highest BCUT2D eigenvalue weighted by Crippen LogP contribution is 2.41. The largest absolute Gasteiger partial charge is 0.470 e. The summed E-state index contributed by atoms with van der Waals surface area (Å²) >= 11 is 0.